The Morgan fingerprint density at radius 3 is 2.33 bits per heavy atom. The molecule has 0 bridgehead atoms. The van der Waals surface area contributed by atoms with Crippen molar-refractivity contribution in [2.45, 2.75) is 6.18 Å². The second-order valence-corrected chi connectivity index (χ2v) is 1.53. The SMILES string of the molecule is FC(F)(F)c1c[c][nH]c1. The number of alkyl halides is 3. The van der Waals surface area contributed by atoms with E-state index in [-0.39, 0.29) is 0 Å². The molecule has 1 nitrogen and oxygen atoms in total. The smallest absolute Gasteiger partial charge is 0.359 e. The van der Waals surface area contributed by atoms with Gasteiger partial charge in [0.25, 0.3) is 0 Å². The van der Waals surface area contributed by atoms with Crippen LogP contribution in [0.3, 0.4) is 0 Å². The summed E-state index contributed by atoms with van der Waals surface area (Å²) in [6, 6.07) is 0.861. The van der Waals surface area contributed by atoms with Crippen molar-refractivity contribution in [3.05, 3.63) is 24.0 Å². The fraction of sp³-hybridized carbons (Fsp3) is 0.200. The van der Waals surface area contributed by atoms with Crippen LogP contribution in [0.5, 0.6) is 0 Å². The monoisotopic (exact) mass is 134 g/mol. The number of H-pyrrole nitrogens is 1. The van der Waals surface area contributed by atoms with Crippen LogP contribution in [0.15, 0.2) is 12.3 Å². The van der Waals surface area contributed by atoms with Gasteiger partial charge in [0, 0.05) is 6.20 Å². The summed E-state index contributed by atoms with van der Waals surface area (Å²) in [7, 11) is 0. The van der Waals surface area contributed by atoms with Crippen molar-refractivity contribution < 1.29 is 13.2 Å². The molecule has 1 radical (unpaired) electrons. The minimum Gasteiger partial charge on any atom is -0.359 e. The van der Waals surface area contributed by atoms with Gasteiger partial charge in [0.1, 0.15) is 0 Å². The fourth-order valence-corrected chi connectivity index (χ4v) is 0.444. The third-order valence-corrected chi connectivity index (χ3v) is 0.866. The van der Waals surface area contributed by atoms with E-state index in [4.69, 9.17) is 0 Å². The summed E-state index contributed by atoms with van der Waals surface area (Å²) in [6.45, 7) is 0. The van der Waals surface area contributed by atoms with Gasteiger partial charge in [-0.3, -0.25) is 0 Å². The van der Waals surface area contributed by atoms with Gasteiger partial charge >= 0.3 is 6.18 Å². The van der Waals surface area contributed by atoms with E-state index in [1.54, 1.807) is 0 Å². The van der Waals surface area contributed by atoms with E-state index in [1.165, 1.54) is 0 Å². The van der Waals surface area contributed by atoms with E-state index in [1.807, 2.05) is 0 Å². The summed E-state index contributed by atoms with van der Waals surface area (Å²) in [4.78, 5) is 2.19. The zero-order valence-electron chi connectivity index (χ0n) is 4.29. The molecule has 0 unspecified atom stereocenters. The lowest BCUT2D eigenvalue weighted by molar-refractivity contribution is -0.137. The molecule has 0 amide bonds. The van der Waals surface area contributed by atoms with Crippen molar-refractivity contribution in [2.75, 3.05) is 0 Å². The number of aromatic amines is 1. The van der Waals surface area contributed by atoms with Gasteiger partial charge in [-0.25, -0.2) is 0 Å². The summed E-state index contributed by atoms with van der Waals surface area (Å²) in [6.07, 6.45) is -1.19. The maximum Gasteiger partial charge on any atom is 0.417 e. The van der Waals surface area contributed by atoms with E-state index >= 15 is 0 Å². The number of hydrogen-bond donors (Lipinski definition) is 1. The molecular formula is C5H3F3N. The Morgan fingerprint density at radius 1 is 1.44 bits per heavy atom. The Hall–Kier alpha value is -0.930. The molecular weight excluding hydrogens is 131 g/mol. The zero-order chi connectivity index (χ0) is 6.91. The van der Waals surface area contributed by atoms with Gasteiger partial charge in [0.15, 0.2) is 0 Å². The Bertz CT molecular complexity index is 175. The van der Waals surface area contributed by atoms with E-state index in [9.17, 15) is 13.2 Å². The summed E-state index contributed by atoms with van der Waals surface area (Å²) in [5, 5.41) is 0. The molecule has 0 aromatic carbocycles. The fourth-order valence-electron chi connectivity index (χ4n) is 0.444. The van der Waals surface area contributed by atoms with Crippen molar-refractivity contribution in [2.24, 2.45) is 0 Å². The number of halogens is 3. The molecule has 0 aliphatic rings. The van der Waals surface area contributed by atoms with Crippen molar-refractivity contribution in [1.29, 1.82) is 0 Å². The second kappa shape index (κ2) is 1.79. The summed E-state index contributed by atoms with van der Waals surface area (Å²) < 4.78 is 34.7. The maximum atomic E-state index is 11.6. The predicted octanol–water partition coefficient (Wildman–Crippen LogP) is 1.83. The minimum atomic E-state index is -4.24. The van der Waals surface area contributed by atoms with Crippen LogP contribution in [0.4, 0.5) is 13.2 Å². The first kappa shape index (κ1) is 6.19. The second-order valence-electron chi connectivity index (χ2n) is 1.53. The highest BCUT2D eigenvalue weighted by Gasteiger charge is 2.30. The lowest BCUT2D eigenvalue weighted by Crippen LogP contribution is -2.01. The molecule has 1 aromatic heterocycles. The topological polar surface area (TPSA) is 15.8 Å². The lowest BCUT2D eigenvalue weighted by Gasteiger charge is -1.99. The normalized spacial score (nSPS) is 11.9. The molecule has 1 heterocycles. The highest BCUT2D eigenvalue weighted by Crippen LogP contribution is 2.27. The zero-order valence-corrected chi connectivity index (χ0v) is 4.29. The van der Waals surface area contributed by atoms with E-state index in [0.29, 0.717) is 0 Å². The first-order valence-corrected chi connectivity index (χ1v) is 2.22. The van der Waals surface area contributed by atoms with Crippen LogP contribution in [-0.2, 0) is 6.18 Å². The number of hydrogen-bond acceptors (Lipinski definition) is 0. The first-order valence-electron chi connectivity index (χ1n) is 2.22. The number of rotatable bonds is 0. The summed E-state index contributed by atoms with van der Waals surface area (Å²) >= 11 is 0. The number of nitrogens with one attached hydrogen (secondary N) is 1. The van der Waals surface area contributed by atoms with Crippen molar-refractivity contribution in [1.82, 2.24) is 4.98 Å². The Labute approximate surface area is 49.5 Å². The maximum absolute atomic E-state index is 11.6. The number of aromatic nitrogens is 1. The largest absolute Gasteiger partial charge is 0.417 e. The lowest BCUT2D eigenvalue weighted by atomic mass is 10.3. The van der Waals surface area contributed by atoms with E-state index in [0.717, 1.165) is 12.3 Å². The molecule has 0 fully saturated rings. The Kier molecular flexibility index (Phi) is 1.23. The van der Waals surface area contributed by atoms with Gasteiger partial charge in [0.05, 0.1) is 11.8 Å². The van der Waals surface area contributed by atoms with Gasteiger partial charge in [-0.05, 0) is 6.07 Å². The van der Waals surface area contributed by atoms with E-state index < -0.39 is 11.7 Å². The highest BCUT2D eigenvalue weighted by molar-refractivity contribution is 5.10. The quantitative estimate of drug-likeness (QED) is 0.557. The highest BCUT2D eigenvalue weighted by atomic mass is 19.4. The van der Waals surface area contributed by atoms with Crippen molar-refractivity contribution in [3.8, 4) is 0 Å². The molecule has 49 valence electrons. The van der Waals surface area contributed by atoms with Crippen LogP contribution < -0.4 is 0 Å². The van der Waals surface area contributed by atoms with Gasteiger partial charge in [-0.1, -0.05) is 0 Å². The van der Waals surface area contributed by atoms with Crippen molar-refractivity contribution in [3.63, 3.8) is 0 Å². The predicted molar refractivity (Wildman–Crippen MR) is 24.6 cm³/mol. The van der Waals surface area contributed by atoms with Crippen LogP contribution >= 0.6 is 0 Å². The average Bonchev–Trinajstić information content (AvgIpc) is 2.08. The van der Waals surface area contributed by atoms with E-state index in [2.05, 4.69) is 11.2 Å². The molecule has 1 N–H and O–H groups in total. The molecule has 0 atom stereocenters. The van der Waals surface area contributed by atoms with Crippen LogP contribution in [0, 0.1) is 6.20 Å². The molecule has 0 aliphatic heterocycles. The van der Waals surface area contributed by atoms with Crippen LogP contribution in [-0.4, -0.2) is 4.98 Å². The average molecular weight is 134 g/mol. The molecule has 4 heteroatoms. The Morgan fingerprint density at radius 2 is 2.11 bits per heavy atom. The first-order chi connectivity index (χ1) is 4.11. The van der Waals surface area contributed by atoms with Gasteiger partial charge < -0.3 is 4.98 Å². The summed E-state index contributed by atoms with van der Waals surface area (Å²) in [5.41, 5.74) is -0.692. The molecule has 0 spiro atoms. The van der Waals surface area contributed by atoms with Crippen LogP contribution in [0.1, 0.15) is 5.56 Å². The molecule has 0 aliphatic carbocycles. The molecule has 0 saturated heterocycles. The molecule has 1 rings (SSSR count). The Balaban J connectivity index is 2.90. The molecule has 1 aromatic rings. The van der Waals surface area contributed by atoms with Crippen LogP contribution in [0.25, 0.3) is 0 Å². The van der Waals surface area contributed by atoms with Gasteiger partial charge in [-0.2, -0.15) is 13.2 Å². The summed E-state index contributed by atoms with van der Waals surface area (Å²) in [5.74, 6) is 0. The third-order valence-electron chi connectivity index (χ3n) is 0.866. The molecule has 9 heavy (non-hydrogen) atoms. The van der Waals surface area contributed by atoms with Crippen LogP contribution in [0.2, 0.25) is 0 Å². The third kappa shape index (κ3) is 1.25. The van der Waals surface area contributed by atoms with Crippen molar-refractivity contribution >= 4 is 0 Å². The minimum absolute atomic E-state index is 0.692. The van der Waals surface area contributed by atoms with Gasteiger partial charge in [0.2, 0.25) is 0 Å². The standard InChI is InChI=1S/C5H3F3N/c6-5(7,8)4-1-2-9-3-4/h1,3,9H. The van der Waals surface area contributed by atoms with Gasteiger partial charge in [-0.15, -0.1) is 0 Å². The molecule has 0 saturated carbocycles.